The maximum absolute atomic E-state index is 13.4. The lowest BCUT2D eigenvalue weighted by atomic mass is 10.2. The zero-order valence-electron chi connectivity index (χ0n) is 11.1. The molecular formula is C14H13ClFNO3S. The molecule has 2 rings (SSSR count). The second-order valence-electron chi connectivity index (χ2n) is 4.91. The summed E-state index contributed by atoms with van der Waals surface area (Å²) >= 11 is 0. The molecule has 1 amide bonds. The summed E-state index contributed by atoms with van der Waals surface area (Å²) in [7, 11) is 1.15. The van der Waals surface area contributed by atoms with Crippen LogP contribution in [0.5, 0.6) is 0 Å². The van der Waals surface area contributed by atoms with Gasteiger partial charge in [-0.25, -0.2) is 12.8 Å². The summed E-state index contributed by atoms with van der Waals surface area (Å²) in [6.45, 7) is 0.467. The molecule has 112 valence electrons. The van der Waals surface area contributed by atoms with Crippen molar-refractivity contribution in [3.05, 3.63) is 29.6 Å². The summed E-state index contributed by atoms with van der Waals surface area (Å²) in [5, 5.41) is 0. The van der Waals surface area contributed by atoms with E-state index in [4.69, 9.17) is 17.1 Å². The molecule has 0 radical (unpaired) electrons. The van der Waals surface area contributed by atoms with E-state index >= 15 is 0 Å². The fraction of sp³-hybridized carbons (Fsp3) is 0.357. The van der Waals surface area contributed by atoms with Crippen LogP contribution >= 0.6 is 10.7 Å². The Morgan fingerprint density at radius 1 is 1.48 bits per heavy atom. The van der Waals surface area contributed by atoms with Gasteiger partial charge in [0.1, 0.15) is 5.82 Å². The predicted molar refractivity (Wildman–Crippen MR) is 76.9 cm³/mol. The highest BCUT2D eigenvalue weighted by molar-refractivity contribution is 8.13. The van der Waals surface area contributed by atoms with Crippen LogP contribution in [-0.2, 0) is 9.05 Å². The minimum absolute atomic E-state index is 0.0353. The summed E-state index contributed by atoms with van der Waals surface area (Å²) < 4.78 is 36.4. The first-order valence-corrected chi connectivity index (χ1v) is 8.61. The summed E-state index contributed by atoms with van der Waals surface area (Å²) in [5.41, 5.74) is -0.291. The molecule has 4 nitrogen and oxygen atoms in total. The van der Waals surface area contributed by atoms with E-state index in [9.17, 15) is 17.6 Å². The van der Waals surface area contributed by atoms with Gasteiger partial charge in [-0.1, -0.05) is 5.92 Å². The molecule has 1 fully saturated rings. The van der Waals surface area contributed by atoms with Crippen LogP contribution in [0.15, 0.2) is 23.1 Å². The molecule has 1 aromatic rings. The largest absolute Gasteiger partial charge is 0.327 e. The topological polar surface area (TPSA) is 54.5 Å². The van der Waals surface area contributed by atoms with Crippen LogP contribution in [0.1, 0.15) is 23.2 Å². The highest BCUT2D eigenvalue weighted by Gasteiger charge is 2.29. The predicted octanol–water partition coefficient (Wildman–Crippen LogP) is 2.24. The molecule has 21 heavy (non-hydrogen) atoms. The standard InChI is InChI=1S/C14H13ClFNO3S/c1-2-7-17(9-10-3-4-10)14(18)12-8-11(16)5-6-13(12)21(15,19)20/h1,5-6,8,10H,3-4,7,9H2. The van der Waals surface area contributed by atoms with E-state index in [0.717, 1.165) is 31.0 Å². The SMILES string of the molecule is C#CCN(CC1CC1)C(=O)c1cc(F)ccc1S(=O)(=O)Cl. The molecule has 1 aromatic carbocycles. The van der Waals surface area contributed by atoms with Gasteiger partial charge in [0, 0.05) is 17.2 Å². The molecule has 0 saturated heterocycles. The quantitative estimate of drug-likeness (QED) is 0.615. The normalized spacial score (nSPS) is 14.5. The molecule has 7 heteroatoms. The van der Waals surface area contributed by atoms with Crippen molar-refractivity contribution in [1.29, 1.82) is 0 Å². The highest BCUT2D eigenvalue weighted by Crippen LogP contribution is 2.31. The number of terminal acetylenes is 1. The van der Waals surface area contributed by atoms with E-state index in [0.29, 0.717) is 12.5 Å². The van der Waals surface area contributed by atoms with Crippen molar-refractivity contribution in [1.82, 2.24) is 4.90 Å². The Bertz CT molecular complexity index is 707. The summed E-state index contributed by atoms with van der Waals surface area (Å²) in [6, 6.07) is 2.79. The lowest BCUT2D eigenvalue weighted by Gasteiger charge is -2.21. The van der Waals surface area contributed by atoms with Gasteiger partial charge < -0.3 is 4.90 Å². The smallest absolute Gasteiger partial charge is 0.262 e. The van der Waals surface area contributed by atoms with Gasteiger partial charge in [-0.15, -0.1) is 6.42 Å². The molecule has 0 bridgehead atoms. The maximum Gasteiger partial charge on any atom is 0.262 e. The van der Waals surface area contributed by atoms with Crippen molar-refractivity contribution in [3.8, 4) is 12.3 Å². The van der Waals surface area contributed by atoms with E-state index in [-0.39, 0.29) is 12.1 Å². The van der Waals surface area contributed by atoms with Crippen LogP contribution in [-0.4, -0.2) is 32.3 Å². The molecule has 0 atom stereocenters. The maximum atomic E-state index is 13.4. The first-order chi connectivity index (χ1) is 9.82. The van der Waals surface area contributed by atoms with Crippen LogP contribution in [0.2, 0.25) is 0 Å². The van der Waals surface area contributed by atoms with Crippen molar-refractivity contribution >= 4 is 25.6 Å². The molecule has 0 unspecified atom stereocenters. The summed E-state index contributed by atoms with van der Waals surface area (Å²) in [4.78, 5) is 13.4. The third-order valence-electron chi connectivity index (χ3n) is 3.18. The monoisotopic (exact) mass is 329 g/mol. The van der Waals surface area contributed by atoms with Crippen molar-refractivity contribution in [3.63, 3.8) is 0 Å². The van der Waals surface area contributed by atoms with Crippen molar-refractivity contribution in [2.45, 2.75) is 17.7 Å². The van der Waals surface area contributed by atoms with Crippen LogP contribution in [0.4, 0.5) is 4.39 Å². The van der Waals surface area contributed by atoms with Gasteiger partial charge in [-0.05, 0) is 37.0 Å². The zero-order chi connectivity index (χ0) is 15.6. The van der Waals surface area contributed by atoms with Crippen LogP contribution in [0, 0.1) is 24.1 Å². The number of carbonyl (C=O) groups excluding carboxylic acids is 1. The van der Waals surface area contributed by atoms with Crippen molar-refractivity contribution < 1.29 is 17.6 Å². The Balaban J connectivity index is 2.40. The van der Waals surface area contributed by atoms with Crippen LogP contribution in [0.3, 0.4) is 0 Å². The van der Waals surface area contributed by atoms with Gasteiger partial charge in [-0.3, -0.25) is 4.79 Å². The first kappa shape index (κ1) is 15.8. The average molecular weight is 330 g/mol. The van der Waals surface area contributed by atoms with E-state index < -0.39 is 25.7 Å². The minimum Gasteiger partial charge on any atom is -0.327 e. The van der Waals surface area contributed by atoms with Gasteiger partial charge >= 0.3 is 0 Å². The third-order valence-corrected chi connectivity index (χ3v) is 4.56. The van der Waals surface area contributed by atoms with E-state index in [1.54, 1.807) is 0 Å². The molecule has 1 aliphatic carbocycles. The number of carbonyl (C=O) groups is 1. The number of rotatable bonds is 5. The molecule has 1 aliphatic rings. The second kappa shape index (κ2) is 6.04. The number of nitrogens with zero attached hydrogens (tertiary/aromatic N) is 1. The van der Waals surface area contributed by atoms with E-state index in [1.165, 1.54) is 4.90 Å². The Morgan fingerprint density at radius 2 is 2.14 bits per heavy atom. The second-order valence-corrected chi connectivity index (χ2v) is 7.45. The summed E-state index contributed by atoms with van der Waals surface area (Å²) in [6.07, 6.45) is 7.23. The minimum atomic E-state index is -4.15. The lowest BCUT2D eigenvalue weighted by molar-refractivity contribution is 0.0765. The Kier molecular flexibility index (Phi) is 4.55. The van der Waals surface area contributed by atoms with Crippen LogP contribution in [0.25, 0.3) is 0 Å². The first-order valence-electron chi connectivity index (χ1n) is 6.30. The lowest BCUT2D eigenvalue weighted by Crippen LogP contribution is -2.34. The molecule has 0 heterocycles. The number of hydrogen-bond acceptors (Lipinski definition) is 3. The van der Waals surface area contributed by atoms with Gasteiger partial charge in [0.15, 0.2) is 0 Å². The molecule has 0 spiro atoms. The molecule has 0 aliphatic heterocycles. The number of hydrogen-bond donors (Lipinski definition) is 0. The highest BCUT2D eigenvalue weighted by atomic mass is 35.7. The molecule has 0 aromatic heterocycles. The number of amides is 1. The van der Waals surface area contributed by atoms with E-state index in [1.807, 2.05) is 0 Å². The number of halogens is 2. The van der Waals surface area contributed by atoms with E-state index in [2.05, 4.69) is 5.92 Å². The third kappa shape index (κ3) is 3.96. The number of benzene rings is 1. The fourth-order valence-electron chi connectivity index (χ4n) is 1.99. The molecular weight excluding hydrogens is 317 g/mol. The van der Waals surface area contributed by atoms with Gasteiger partial charge in [0.25, 0.3) is 15.0 Å². The molecule has 0 N–H and O–H groups in total. The van der Waals surface area contributed by atoms with Gasteiger partial charge in [0.05, 0.1) is 17.0 Å². The van der Waals surface area contributed by atoms with Gasteiger partial charge in [0.2, 0.25) is 0 Å². The Morgan fingerprint density at radius 3 is 2.67 bits per heavy atom. The van der Waals surface area contributed by atoms with Gasteiger partial charge in [-0.2, -0.15) is 0 Å². The van der Waals surface area contributed by atoms with Crippen molar-refractivity contribution in [2.24, 2.45) is 5.92 Å². The fourth-order valence-corrected chi connectivity index (χ4v) is 3.04. The van der Waals surface area contributed by atoms with Crippen molar-refractivity contribution in [2.75, 3.05) is 13.1 Å². The summed E-state index contributed by atoms with van der Waals surface area (Å²) in [5.74, 6) is 1.38. The van der Waals surface area contributed by atoms with Crippen LogP contribution < -0.4 is 0 Å². The Labute approximate surface area is 127 Å². The average Bonchev–Trinajstić information content (AvgIpc) is 3.20. The Hall–Kier alpha value is -1.58. The zero-order valence-corrected chi connectivity index (χ0v) is 12.6. The molecule has 1 saturated carbocycles.